The summed E-state index contributed by atoms with van der Waals surface area (Å²) >= 11 is 0. The van der Waals surface area contributed by atoms with Gasteiger partial charge in [0.15, 0.2) is 11.6 Å². The number of ether oxygens (including phenoxy) is 1. The largest absolute Gasteiger partial charge is 0.385 e. The Hall–Kier alpha value is -5.01. The van der Waals surface area contributed by atoms with E-state index in [0.29, 0.717) is 6.04 Å². The van der Waals surface area contributed by atoms with Gasteiger partial charge in [0.05, 0.1) is 11.9 Å². The molecule has 3 N–H and O–H groups in total. The Bertz CT molecular complexity index is 1420. The molecule has 0 bridgehead atoms. The highest BCUT2D eigenvalue weighted by molar-refractivity contribution is 5.69. The number of carbonyl (C=O) groups is 1. The van der Waals surface area contributed by atoms with Crippen LogP contribution in [0.1, 0.15) is 18.4 Å². The maximum atomic E-state index is 11.9. The zero-order chi connectivity index (χ0) is 36.3. The van der Waals surface area contributed by atoms with Crippen molar-refractivity contribution in [3.8, 4) is 42.6 Å². The Kier molecular flexibility index (Phi) is 23.4. The highest BCUT2D eigenvalue weighted by Gasteiger charge is 2.18. The Balaban J connectivity index is 0.000000661. The maximum absolute atomic E-state index is 11.9. The molecule has 0 aliphatic carbocycles. The zero-order valence-corrected chi connectivity index (χ0v) is 28.9. The van der Waals surface area contributed by atoms with Gasteiger partial charge in [0.25, 0.3) is 0 Å². The Labute approximate surface area is 284 Å². The minimum atomic E-state index is -0.799. The summed E-state index contributed by atoms with van der Waals surface area (Å²) < 4.78 is 32.4. The molecule has 0 radical (unpaired) electrons. The molecule has 0 unspecified atom stereocenters. The van der Waals surface area contributed by atoms with Gasteiger partial charge in [-0.1, -0.05) is 30.3 Å². The van der Waals surface area contributed by atoms with Crippen molar-refractivity contribution in [2.24, 2.45) is 7.05 Å². The minimum absolute atomic E-state index is 0.396. The van der Waals surface area contributed by atoms with Crippen molar-refractivity contribution in [1.82, 2.24) is 35.1 Å². The zero-order valence-electron chi connectivity index (χ0n) is 28.9. The molecule has 10 nitrogen and oxygen atoms in total. The first kappa shape index (κ1) is 43.0. The van der Waals surface area contributed by atoms with Crippen LogP contribution in [-0.4, -0.2) is 91.4 Å². The molecule has 48 heavy (non-hydrogen) atoms. The smallest absolute Gasteiger partial charge is 0.207 e. The number of halogens is 2. The fraction of sp³-hybridized carbons (Fsp3) is 0.361. The van der Waals surface area contributed by atoms with E-state index in [1.54, 1.807) is 11.8 Å². The van der Waals surface area contributed by atoms with Crippen LogP contribution < -0.4 is 16.0 Å². The first-order valence-corrected chi connectivity index (χ1v) is 15.2. The molecule has 4 aromatic rings. The summed E-state index contributed by atoms with van der Waals surface area (Å²) in [6.45, 7) is 6.08. The highest BCUT2D eigenvalue weighted by atomic mass is 19.2. The molecule has 0 saturated carbocycles. The number of aryl methyl sites for hydroxylation is 1. The van der Waals surface area contributed by atoms with Gasteiger partial charge in [0.1, 0.15) is 11.5 Å². The number of nitrogens with zero attached hydrogens (tertiary/aromatic N) is 5. The van der Waals surface area contributed by atoms with E-state index in [4.69, 9.17) is 9.84 Å². The second kappa shape index (κ2) is 26.1. The Morgan fingerprint density at radius 3 is 2.04 bits per heavy atom. The standard InChI is InChI=1S/C15H17N5.C6H4F2.C6H12N2O.C5H13NO.2C2H2/c1-11-14(12-9-17-19(3)10-12)18-20(15(11)16-2)13-7-5-4-6-8-13;7-5-3-1-2-4-6(5)8;1-8-3-2-6(4-8)7-5-9;1-6-4-3-5-7-2;2*1-2/h4-10,16H,1-3H3;1-4H;5-6H,2-4H2,1H3,(H,7,9);6H,3-5H2,1-2H3;2*1-2H/t;;6-;;;/m..1.../s1. The number of benzene rings is 2. The average Bonchev–Trinajstić information content (AvgIpc) is 3.83. The van der Waals surface area contributed by atoms with Gasteiger partial charge >= 0.3 is 0 Å². The van der Waals surface area contributed by atoms with Crippen LogP contribution in [0.3, 0.4) is 0 Å². The van der Waals surface area contributed by atoms with Crippen LogP contribution in [0.4, 0.5) is 14.6 Å². The van der Waals surface area contributed by atoms with Crippen molar-refractivity contribution >= 4 is 12.2 Å². The lowest BCUT2D eigenvalue weighted by molar-refractivity contribution is -0.110. The number of carbonyl (C=O) groups excluding carboxylic acids is 1. The summed E-state index contributed by atoms with van der Waals surface area (Å²) in [4.78, 5) is 12.1. The summed E-state index contributed by atoms with van der Waals surface area (Å²) in [6, 6.07) is 15.5. The summed E-state index contributed by atoms with van der Waals surface area (Å²) in [5.74, 6) is -0.602. The van der Waals surface area contributed by atoms with Crippen molar-refractivity contribution in [3.63, 3.8) is 0 Å². The highest BCUT2D eigenvalue weighted by Crippen LogP contribution is 2.29. The van der Waals surface area contributed by atoms with Crippen molar-refractivity contribution < 1.29 is 18.3 Å². The normalized spacial score (nSPS) is 12.8. The molecule has 260 valence electrons. The van der Waals surface area contributed by atoms with Crippen molar-refractivity contribution in [2.45, 2.75) is 25.8 Å². The molecule has 2 aromatic heterocycles. The number of rotatable bonds is 9. The third kappa shape index (κ3) is 15.5. The second-order valence-electron chi connectivity index (χ2n) is 10.1. The van der Waals surface area contributed by atoms with Gasteiger partial charge in [-0.25, -0.2) is 13.5 Å². The van der Waals surface area contributed by atoms with Crippen LogP contribution in [0.2, 0.25) is 0 Å². The SMILES string of the molecule is C#C.C#C.CN1CC[C@@H](NC=O)C1.CNCCCOC.CNc1c(C)c(-c2cnn(C)c2)nn1-c1ccccc1.Fc1ccccc1F. The molecule has 3 heterocycles. The van der Waals surface area contributed by atoms with E-state index in [0.717, 1.165) is 86.0 Å². The number of aromatic nitrogens is 4. The lowest BCUT2D eigenvalue weighted by atomic mass is 10.1. The first-order chi connectivity index (χ1) is 23.2. The lowest BCUT2D eigenvalue weighted by Crippen LogP contribution is -2.29. The number of methoxy groups -OCH3 is 1. The predicted molar refractivity (Wildman–Crippen MR) is 192 cm³/mol. The maximum Gasteiger partial charge on any atom is 0.207 e. The Morgan fingerprint density at radius 2 is 1.60 bits per heavy atom. The quantitative estimate of drug-likeness (QED) is 0.135. The first-order valence-electron chi connectivity index (χ1n) is 15.2. The minimum Gasteiger partial charge on any atom is -0.385 e. The van der Waals surface area contributed by atoms with Gasteiger partial charge in [0, 0.05) is 57.7 Å². The van der Waals surface area contributed by atoms with Gasteiger partial charge in [0.2, 0.25) is 6.41 Å². The number of likely N-dealkylation sites (N-methyl/N-ethyl adjacent to an activating group) is 1. The predicted octanol–water partition coefficient (Wildman–Crippen LogP) is 4.77. The van der Waals surface area contributed by atoms with E-state index in [9.17, 15) is 13.6 Å². The molecular formula is C36H50F2N8O2. The van der Waals surface area contributed by atoms with Gasteiger partial charge < -0.3 is 25.6 Å². The molecule has 5 rings (SSSR count). The van der Waals surface area contributed by atoms with E-state index in [2.05, 4.69) is 65.6 Å². The topological polar surface area (TPSA) is 101 Å². The summed E-state index contributed by atoms with van der Waals surface area (Å²) in [5.41, 5.74) is 4.13. The third-order valence-corrected chi connectivity index (χ3v) is 6.63. The molecule has 1 aliphatic heterocycles. The molecule has 1 atom stereocenters. The van der Waals surface area contributed by atoms with Crippen LogP contribution in [0.25, 0.3) is 16.9 Å². The fourth-order valence-corrected chi connectivity index (χ4v) is 4.36. The molecule has 12 heteroatoms. The number of hydrogen-bond donors (Lipinski definition) is 3. The summed E-state index contributed by atoms with van der Waals surface area (Å²) in [6.07, 6.45) is 22.8. The van der Waals surface area contributed by atoms with E-state index < -0.39 is 11.6 Å². The molecule has 1 amide bonds. The number of anilines is 1. The van der Waals surface area contributed by atoms with Gasteiger partial charge in [-0.3, -0.25) is 9.48 Å². The number of likely N-dealkylation sites (tertiary alicyclic amines) is 1. The average molecular weight is 665 g/mol. The van der Waals surface area contributed by atoms with Crippen LogP contribution in [0.5, 0.6) is 0 Å². The molecule has 2 aromatic carbocycles. The van der Waals surface area contributed by atoms with Crippen LogP contribution >= 0.6 is 0 Å². The van der Waals surface area contributed by atoms with Crippen molar-refractivity contribution in [1.29, 1.82) is 0 Å². The van der Waals surface area contributed by atoms with E-state index in [1.165, 1.54) is 12.1 Å². The molecule has 1 aliphatic rings. The van der Waals surface area contributed by atoms with Crippen molar-refractivity contribution in [3.05, 3.63) is 84.2 Å². The number of amides is 1. The van der Waals surface area contributed by atoms with Gasteiger partial charge in [-0.2, -0.15) is 10.2 Å². The molecular weight excluding hydrogens is 614 g/mol. The summed E-state index contributed by atoms with van der Waals surface area (Å²) in [5, 5.41) is 18.0. The van der Waals surface area contributed by atoms with Gasteiger partial charge in [-0.05, 0) is 71.2 Å². The van der Waals surface area contributed by atoms with E-state index in [-0.39, 0.29) is 0 Å². The fourth-order valence-electron chi connectivity index (χ4n) is 4.36. The number of hydrogen-bond acceptors (Lipinski definition) is 7. The summed E-state index contributed by atoms with van der Waals surface area (Å²) in [7, 11) is 9.54. The van der Waals surface area contributed by atoms with Crippen LogP contribution in [0.15, 0.2) is 67.0 Å². The number of para-hydroxylation sites is 1. The van der Waals surface area contributed by atoms with E-state index >= 15 is 0 Å². The number of terminal acetylenes is 2. The second-order valence-corrected chi connectivity index (χ2v) is 10.1. The van der Waals surface area contributed by atoms with Crippen LogP contribution in [-0.2, 0) is 16.6 Å². The molecule has 1 fully saturated rings. The third-order valence-electron chi connectivity index (χ3n) is 6.63. The molecule has 1 saturated heterocycles. The lowest BCUT2D eigenvalue weighted by Gasteiger charge is -2.07. The van der Waals surface area contributed by atoms with Crippen LogP contribution in [0, 0.1) is 44.3 Å². The monoisotopic (exact) mass is 664 g/mol. The van der Waals surface area contributed by atoms with E-state index in [1.807, 2.05) is 68.6 Å². The van der Waals surface area contributed by atoms with Gasteiger partial charge in [-0.15, -0.1) is 25.7 Å². The number of nitrogens with one attached hydrogen (secondary N) is 3. The molecule has 0 spiro atoms. The Morgan fingerprint density at radius 1 is 1.00 bits per heavy atom. The van der Waals surface area contributed by atoms with Crippen molar-refractivity contribution in [2.75, 3.05) is 59.8 Å².